The summed E-state index contributed by atoms with van der Waals surface area (Å²) in [6.45, 7) is 0. The van der Waals surface area contributed by atoms with E-state index in [9.17, 15) is 19.5 Å². The van der Waals surface area contributed by atoms with E-state index in [1.807, 2.05) is 0 Å². The number of fused-ring (bicyclic) bond motifs is 1. The molecule has 10 heteroatoms. The van der Waals surface area contributed by atoms with Crippen molar-refractivity contribution in [2.45, 2.75) is 6.04 Å². The van der Waals surface area contributed by atoms with Crippen LogP contribution in [0.3, 0.4) is 0 Å². The molecule has 198 valence electrons. The van der Waals surface area contributed by atoms with Gasteiger partial charge in [-0.05, 0) is 54.1 Å². The summed E-state index contributed by atoms with van der Waals surface area (Å²) < 4.78 is 21.3. The van der Waals surface area contributed by atoms with Crippen molar-refractivity contribution in [3.8, 4) is 11.5 Å². The quantitative estimate of drug-likeness (QED) is 0.232. The highest BCUT2D eigenvalue weighted by Crippen LogP contribution is 2.43. The van der Waals surface area contributed by atoms with E-state index in [1.54, 1.807) is 36.4 Å². The third kappa shape index (κ3) is 4.46. The second-order valence-corrected chi connectivity index (χ2v) is 9.06. The molecule has 0 aliphatic carbocycles. The van der Waals surface area contributed by atoms with E-state index in [-0.39, 0.29) is 16.9 Å². The molecular weight excluding hydrogens is 526 g/mol. The standard InChI is InChI=1S/C29H22ClNO8/c1-36-20-6-4-5-16(12-20)24-23(25(32)21-13-17-11-18(30)14-22(37-2)27(17)39-21)26(33)28(34)31(24)19-9-7-15(8-10-19)29(35)38-3/h4-14,24,33H,1-3H3. The van der Waals surface area contributed by atoms with Crippen molar-refractivity contribution in [3.63, 3.8) is 0 Å². The molecule has 39 heavy (non-hydrogen) atoms. The normalized spacial score (nSPS) is 15.1. The van der Waals surface area contributed by atoms with Gasteiger partial charge in [-0.2, -0.15) is 0 Å². The van der Waals surface area contributed by atoms with Crippen LogP contribution < -0.4 is 14.4 Å². The number of ketones is 1. The zero-order valence-corrected chi connectivity index (χ0v) is 21.8. The van der Waals surface area contributed by atoms with Crippen LogP contribution in [0, 0.1) is 0 Å². The van der Waals surface area contributed by atoms with E-state index in [0.717, 1.165) is 0 Å². The fraction of sp³-hybridized carbons (Fsp3) is 0.138. The number of carbonyl (C=O) groups is 3. The summed E-state index contributed by atoms with van der Waals surface area (Å²) in [6.07, 6.45) is 0. The molecule has 1 amide bonds. The van der Waals surface area contributed by atoms with Gasteiger partial charge in [-0.1, -0.05) is 23.7 Å². The molecule has 0 radical (unpaired) electrons. The van der Waals surface area contributed by atoms with Crippen LogP contribution in [0.5, 0.6) is 11.5 Å². The number of carbonyl (C=O) groups excluding carboxylic acids is 3. The summed E-state index contributed by atoms with van der Waals surface area (Å²) in [6, 6.07) is 16.5. The van der Waals surface area contributed by atoms with E-state index in [0.29, 0.717) is 38.7 Å². The second kappa shape index (κ2) is 10.2. The lowest BCUT2D eigenvalue weighted by Crippen LogP contribution is -2.31. The highest BCUT2D eigenvalue weighted by molar-refractivity contribution is 6.31. The number of hydrogen-bond donors (Lipinski definition) is 1. The Morgan fingerprint density at radius 1 is 0.974 bits per heavy atom. The van der Waals surface area contributed by atoms with Gasteiger partial charge in [-0.15, -0.1) is 0 Å². The number of nitrogens with zero attached hydrogens (tertiary/aromatic N) is 1. The zero-order chi connectivity index (χ0) is 27.8. The Balaban J connectivity index is 1.65. The summed E-state index contributed by atoms with van der Waals surface area (Å²) >= 11 is 6.17. The van der Waals surface area contributed by atoms with Crippen LogP contribution in [0.25, 0.3) is 11.0 Å². The first kappa shape index (κ1) is 25.9. The number of furan rings is 1. The topological polar surface area (TPSA) is 116 Å². The third-order valence-corrected chi connectivity index (χ3v) is 6.64. The first-order chi connectivity index (χ1) is 18.8. The van der Waals surface area contributed by atoms with Gasteiger partial charge in [0.1, 0.15) is 5.75 Å². The molecule has 3 aromatic carbocycles. The van der Waals surface area contributed by atoms with E-state index < -0.39 is 29.5 Å². The Bertz CT molecular complexity index is 1650. The molecule has 0 saturated heterocycles. The molecule has 1 aliphatic rings. The van der Waals surface area contributed by atoms with Crippen molar-refractivity contribution in [2.75, 3.05) is 26.2 Å². The summed E-state index contributed by atoms with van der Waals surface area (Å²) in [5, 5.41) is 12.0. The van der Waals surface area contributed by atoms with Crippen molar-refractivity contribution in [1.29, 1.82) is 0 Å². The fourth-order valence-electron chi connectivity index (χ4n) is 4.59. The molecule has 0 saturated carbocycles. The minimum Gasteiger partial charge on any atom is -0.503 e. The van der Waals surface area contributed by atoms with E-state index in [2.05, 4.69) is 0 Å². The summed E-state index contributed by atoms with van der Waals surface area (Å²) in [5.41, 5.74) is 1.23. The van der Waals surface area contributed by atoms with Gasteiger partial charge < -0.3 is 23.7 Å². The number of methoxy groups -OCH3 is 3. The van der Waals surface area contributed by atoms with Crippen molar-refractivity contribution in [3.05, 3.63) is 100.0 Å². The maximum Gasteiger partial charge on any atom is 0.337 e. The Morgan fingerprint density at radius 3 is 2.38 bits per heavy atom. The number of ether oxygens (including phenoxy) is 3. The van der Waals surface area contributed by atoms with E-state index in [4.69, 9.17) is 30.2 Å². The summed E-state index contributed by atoms with van der Waals surface area (Å²) in [5.74, 6) is -2.07. The van der Waals surface area contributed by atoms with Crippen molar-refractivity contribution < 1.29 is 38.1 Å². The molecular formula is C29H22ClNO8. The average molecular weight is 548 g/mol. The molecule has 2 heterocycles. The largest absolute Gasteiger partial charge is 0.503 e. The van der Waals surface area contributed by atoms with Crippen LogP contribution in [0.2, 0.25) is 5.02 Å². The first-order valence-electron chi connectivity index (χ1n) is 11.7. The number of halogens is 1. The maximum absolute atomic E-state index is 13.9. The van der Waals surface area contributed by atoms with Gasteiger partial charge in [0.15, 0.2) is 22.9 Å². The smallest absolute Gasteiger partial charge is 0.337 e. The lowest BCUT2D eigenvalue weighted by atomic mass is 9.94. The fourth-order valence-corrected chi connectivity index (χ4v) is 4.81. The Labute approximate surface area is 227 Å². The molecule has 1 aromatic heterocycles. The SMILES string of the molecule is COC(=O)c1ccc(N2C(=O)C(O)=C(C(=O)c3cc4cc(Cl)cc(OC)c4o3)C2c2cccc(OC)c2)cc1. The lowest BCUT2D eigenvalue weighted by molar-refractivity contribution is -0.117. The number of rotatable bonds is 7. The van der Waals surface area contributed by atoms with Gasteiger partial charge in [0, 0.05) is 22.2 Å². The highest BCUT2D eigenvalue weighted by atomic mass is 35.5. The first-order valence-corrected chi connectivity index (χ1v) is 12.1. The molecule has 0 spiro atoms. The Morgan fingerprint density at radius 2 is 1.72 bits per heavy atom. The second-order valence-electron chi connectivity index (χ2n) is 8.62. The van der Waals surface area contributed by atoms with Crippen molar-refractivity contribution >= 4 is 45.9 Å². The van der Waals surface area contributed by atoms with Crippen LogP contribution in [-0.4, -0.2) is 44.1 Å². The Hall–Kier alpha value is -4.76. The van der Waals surface area contributed by atoms with Gasteiger partial charge in [0.25, 0.3) is 5.91 Å². The number of anilines is 1. The molecule has 1 aliphatic heterocycles. The third-order valence-electron chi connectivity index (χ3n) is 6.42. The molecule has 1 N–H and O–H groups in total. The number of hydrogen-bond acceptors (Lipinski definition) is 8. The van der Waals surface area contributed by atoms with Gasteiger partial charge in [0.2, 0.25) is 5.78 Å². The molecule has 1 atom stereocenters. The molecule has 5 rings (SSSR count). The predicted octanol–water partition coefficient (Wildman–Crippen LogP) is 5.67. The molecule has 0 fully saturated rings. The number of benzene rings is 3. The van der Waals surface area contributed by atoms with Crippen molar-refractivity contribution in [1.82, 2.24) is 0 Å². The molecule has 1 unspecified atom stereocenters. The van der Waals surface area contributed by atoms with Crippen molar-refractivity contribution in [2.24, 2.45) is 0 Å². The number of Topliss-reactive ketones (excluding diaryl/α,β-unsaturated/α-hetero) is 1. The van der Waals surface area contributed by atoms with Crippen LogP contribution in [0.15, 0.2) is 82.5 Å². The highest BCUT2D eigenvalue weighted by Gasteiger charge is 2.45. The number of aliphatic hydroxyl groups is 1. The van der Waals surface area contributed by atoms with Crippen LogP contribution in [-0.2, 0) is 9.53 Å². The van der Waals surface area contributed by atoms with Gasteiger partial charge in [0.05, 0.1) is 38.5 Å². The molecule has 0 bridgehead atoms. The maximum atomic E-state index is 13.9. The minimum atomic E-state index is -1.04. The van der Waals surface area contributed by atoms with Crippen LogP contribution in [0.1, 0.15) is 32.5 Å². The number of aliphatic hydroxyl groups excluding tert-OH is 1. The zero-order valence-electron chi connectivity index (χ0n) is 21.1. The van der Waals surface area contributed by atoms with Crippen LogP contribution in [0.4, 0.5) is 5.69 Å². The Kier molecular flexibility index (Phi) is 6.76. The monoisotopic (exact) mass is 547 g/mol. The summed E-state index contributed by atoms with van der Waals surface area (Å²) in [4.78, 5) is 40.6. The minimum absolute atomic E-state index is 0.115. The van der Waals surface area contributed by atoms with E-state index in [1.165, 1.54) is 56.6 Å². The summed E-state index contributed by atoms with van der Waals surface area (Å²) in [7, 11) is 4.20. The van der Waals surface area contributed by atoms with Gasteiger partial charge in [-0.25, -0.2) is 4.79 Å². The number of amides is 1. The molecule has 9 nitrogen and oxygen atoms in total. The number of esters is 1. The lowest BCUT2D eigenvalue weighted by Gasteiger charge is -2.27. The predicted molar refractivity (Wildman–Crippen MR) is 143 cm³/mol. The van der Waals surface area contributed by atoms with Gasteiger partial charge >= 0.3 is 5.97 Å². The van der Waals surface area contributed by atoms with Crippen LogP contribution >= 0.6 is 11.6 Å². The molecule has 4 aromatic rings. The average Bonchev–Trinajstić information content (AvgIpc) is 3.50. The van der Waals surface area contributed by atoms with Gasteiger partial charge in [-0.3, -0.25) is 14.5 Å². The van der Waals surface area contributed by atoms with E-state index >= 15 is 0 Å².